The quantitative estimate of drug-likeness (QED) is 0.277. The number of allylic oxidation sites excluding steroid dienone is 1. The molecule has 1 heterocycles. The van der Waals surface area contributed by atoms with Crippen molar-refractivity contribution in [2.45, 2.75) is 18.9 Å². The van der Waals surface area contributed by atoms with Crippen LogP contribution in [-0.2, 0) is 12.8 Å². The molecule has 0 radical (unpaired) electrons. The second kappa shape index (κ2) is 7.98. The number of hydrogen-bond donors (Lipinski definition) is 4. The van der Waals surface area contributed by atoms with E-state index in [1.54, 1.807) is 6.07 Å². The van der Waals surface area contributed by atoms with Crippen molar-refractivity contribution in [2.24, 2.45) is 0 Å². The number of nitrogens with two attached hydrogens (primary N) is 1. The summed E-state index contributed by atoms with van der Waals surface area (Å²) in [7, 11) is 0. The zero-order chi connectivity index (χ0) is 22.1. The Morgan fingerprint density at radius 1 is 1.29 bits per heavy atom. The van der Waals surface area contributed by atoms with Gasteiger partial charge in [-0.2, -0.15) is 0 Å². The van der Waals surface area contributed by atoms with Crippen molar-refractivity contribution < 1.29 is 14.3 Å². The number of carbonyl (C=O) groups is 1. The predicted molar refractivity (Wildman–Crippen MR) is 116 cm³/mol. The number of aromatic nitrogens is 2. The van der Waals surface area contributed by atoms with Gasteiger partial charge in [-0.1, -0.05) is 24.8 Å². The number of rotatable bonds is 6. The van der Waals surface area contributed by atoms with Gasteiger partial charge < -0.3 is 16.2 Å². The van der Waals surface area contributed by atoms with E-state index in [9.17, 15) is 14.3 Å². The lowest BCUT2D eigenvalue weighted by atomic mass is 10.00. The molecular formula is C23H20FN5O2. The van der Waals surface area contributed by atoms with E-state index in [1.807, 2.05) is 12.1 Å². The first-order valence-electron chi connectivity index (χ1n) is 9.60. The molecule has 0 fully saturated rings. The van der Waals surface area contributed by atoms with Crippen LogP contribution in [0, 0.1) is 11.2 Å². The molecule has 3 aromatic rings. The Bertz CT molecular complexity index is 1200. The second-order valence-electron chi connectivity index (χ2n) is 7.32. The van der Waals surface area contributed by atoms with E-state index in [2.05, 4.69) is 21.9 Å². The molecule has 31 heavy (non-hydrogen) atoms. The SMILES string of the molecule is C=CC(=O)c1cccc2c1CC(Nc1ncnc(N)c1C(=N)c1cc(O)cc(F)c1)C2. The second-order valence-corrected chi connectivity index (χ2v) is 7.32. The Morgan fingerprint density at radius 2 is 2.10 bits per heavy atom. The molecule has 4 rings (SSSR count). The number of nitrogens with one attached hydrogen (secondary N) is 2. The molecule has 1 aliphatic rings. The molecule has 8 heteroatoms. The molecule has 0 saturated carbocycles. The third kappa shape index (κ3) is 3.87. The molecule has 2 aromatic carbocycles. The number of nitrogen functional groups attached to an aromatic ring is 1. The van der Waals surface area contributed by atoms with Crippen molar-refractivity contribution in [3.8, 4) is 5.75 Å². The summed E-state index contributed by atoms with van der Waals surface area (Å²) in [5, 5.41) is 21.5. The summed E-state index contributed by atoms with van der Waals surface area (Å²) in [6.45, 7) is 3.57. The first kappa shape index (κ1) is 20.2. The van der Waals surface area contributed by atoms with Crippen molar-refractivity contribution in [1.82, 2.24) is 9.97 Å². The predicted octanol–water partition coefficient (Wildman–Crippen LogP) is 3.27. The number of carbonyl (C=O) groups excluding carboxylic acids is 1. The summed E-state index contributed by atoms with van der Waals surface area (Å²) in [6.07, 6.45) is 3.83. The summed E-state index contributed by atoms with van der Waals surface area (Å²) in [5.41, 5.74) is 8.92. The van der Waals surface area contributed by atoms with Gasteiger partial charge in [-0.05, 0) is 42.2 Å². The van der Waals surface area contributed by atoms with Crippen molar-refractivity contribution in [3.05, 3.63) is 89.0 Å². The van der Waals surface area contributed by atoms with Crippen LogP contribution in [0.5, 0.6) is 5.75 Å². The molecule has 0 aliphatic heterocycles. The van der Waals surface area contributed by atoms with Crippen molar-refractivity contribution >= 4 is 23.1 Å². The van der Waals surface area contributed by atoms with E-state index in [0.29, 0.717) is 24.2 Å². The maximum atomic E-state index is 13.7. The lowest BCUT2D eigenvalue weighted by Gasteiger charge is -2.17. The molecular weight excluding hydrogens is 397 g/mol. The van der Waals surface area contributed by atoms with Crippen LogP contribution in [0.25, 0.3) is 0 Å². The smallest absolute Gasteiger partial charge is 0.185 e. The number of nitrogens with zero attached hydrogens (tertiary/aromatic N) is 2. The van der Waals surface area contributed by atoms with Crippen molar-refractivity contribution in [1.29, 1.82) is 5.41 Å². The summed E-state index contributed by atoms with van der Waals surface area (Å²) in [5.74, 6) is -0.706. The van der Waals surface area contributed by atoms with Gasteiger partial charge >= 0.3 is 0 Å². The van der Waals surface area contributed by atoms with Gasteiger partial charge in [0, 0.05) is 23.2 Å². The lowest BCUT2D eigenvalue weighted by molar-refractivity contribution is 0.104. The maximum absolute atomic E-state index is 13.7. The fourth-order valence-electron chi connectivity index (χ4n) is 3.91. The van der Waals surface area contributed by atoms with E-state index < -0.39 is 5.82 Å². The van der Waals surface area contributed by atoms with E-state index in [1.165, 1.54) is 18.5 Å². The van der Waals surface area contributed by atoms with Gasteiger partial charge in [0.1, 0.15) is 29.5 Å². The molecule has 0 bridgehead atoms. The molecule has 1 atom stereocenters. The third-order valence-corrected chi connectivity index (χ3v) is 5.28. The Morgan fingerprint density at radius 3 is 2.84 bits per heavy atom. The van der Waals surface area contributed by atoms with E-state index >= 15 is 0 Å². The largest absolute Gasteiger partial charge is 0.508 e. The van der Waals surface area contributed by atoms with E-state index in [4.69, 9.17) is 11.1 Å². The van der Waals surface area contributed by atoms with Crippen LogP contribution in [0.4, 0.5) is 16.0 Å². The molecule has 1 aromatic heterocycles. The number of aromatic hydroxyl groups is 1. The van der Waals surface area contributed by atoms with Crippen LogP contribution in [0.3, 0.4) is 0 Å². The maximum Gasteiger partial charge on any atom is 0.185 e. The molecule has 1 unspecified atom stereocenters. The van der Waals surface area contributed by atoms with Gasteiger partial charge in [-0.15, -0.1) is 0 Å². The molecule has 156 valence electrons. The summed E-state index contributed by atoms with van der Waals surface area (Å²) in [4.78, 5) is 20.4. The zero-order valence-corrected chi connectivity index (χ0v) is 16.5. The number of halogens is 1. The number of phenols is 1. The number of fused-ring (bicyclic) bond motifs is 1. The van der Waals surface area contributed by atoms with Crippen LogP contribution in [0.15, 0.2) is 55.4 Å². The number of anilines is 2. The van der Waals surface area contributed by atoms with Crippen molar-refractivity contribution in [2.75, 3.05) is 11.1 Å². The molecule has 0 spiro atoms. The minimum atomic E-state index is -0.671. The van der Waals surface area contributed by atoms with Crippen molar-refractivity contribution in [3.63, 3.8) is 0 Å². The molecule has 7 nitrogen and oxygen atoms in total. The molecule has 1 aliphatic carbocycles. The van der Waals surface area contributed by atoms with Crippen LogP contribution in [0.2, 0.25) is 0 Å². The Labute approximate surface area is 178 Å². The Hall–Kier alpha value is -4.07. The highest BCUT2D eigenvalue weighted by molar-refractivity contribution is 6.16. The normalized spacial score (nSPS) is 14.7. The minimum Gasteiger partial charge on any atom is -0.508 e. The first-order valence-corrected chi connectivity index (χ1v) is 9.60. The Kier molecular flexibility index (Phi) is 5.21. The lowest BCUT2D eigenvalue weighted by Crippen LogP contribution is -2.23. The third-order valence-electron chi connectivity index (χ3n) is 5.28. The van der Waals surface area contributed by atoms with Gasteiger partial charge in [0.15, 0.2) is 5.78 Å². The Balaban J connectivity index is 1.65. The molecule has 0 amide bonds. The first-order chi connectivity index (χ1) is 14.9. The number of phenolic OH excluding ortho intramolecular Hbond substituents is 1. The van der Waals surface area contributed by atoms with E-state index in [0.717, 1.165) is 23.3 Å². The van der Waals surface area contributed by atoms with E-state index in [-0.39, 0.29) is 40.2 Å². The molecule has 0 saturated heterocycles. The summed E-state index contributed by atoms with van der Waals surface area (Å²) in [6, 6.07) is 8.89. The average molecular weight is 417 g/mol. The summed E-state index contributed by atoms with van der Waals surface area (Å²) < 4.78 is 13.7. The minimum absolute atomic E-state index is 0.0595. The topological polar surface area (TPSA) is 125 Å². The van der Waals surface area contributed by atoms with Gasteiger partial charge in [0.05, 0.1) is 11.3 Å². The standard InChI is InChI=1S/C23H20FN5O2/c1-2-19(31)17-5-3-4-12-7-15(10-18(12)17)29-23-20(22(26)27-11-28-23)21(25)13-6-14(24)9-16(30)8-13/h2-6,8-9,11,15,25,30H,1,7,10H2,(H3,26,27,28,29). The zero-order valence-electron chi connectivity index (χ0n) is 16.5. The average Bonchev–Trinajstić information content (AvgIpc) is 3.14. The van der Waals surface area contributed by atoms with Gasteiger partial charge in [-0.3, -0.25) is 10.2 Å². The highest BCUT2D eigenvalue weighted by Gasteiger charge is 2.27. The highest BCUT2D eigenvalue weighted by atomic mass is 19.1. The highest BCUT2D eigenvalue weighted by Crippen LogP contribution is 2.30. The summed E-state index contributed by atoms with van der Waals surface area (Å²) >= 11 is 0. The van der Waals surface area contributed by atoms with Crippen LogP contribution >= 0.6 is 0 Å². The van der Waals surface area contributed by atoms with Gasteiger partial charge in [0.2, 0.25) is 0 Å². The number of hydrogen-bond acceptors (Lipinski definition) is 7. The fourth-order valence-corrected chi connectivity index (χ4v) is 3.91. The number of ketones is 1. The van der Waals surface area contributed by atoms with Crippen LogP contribution in [-0.4, -0.2) is 32.6 Å². The van der Waals surface area contributed by atoms with Gasteiger partial charge in [0.25, 0.3) is 0 Å². The fraction of sp³-hybridized carbons (Fsp3) is 0.130. The monoisotopic (exact) mass is 417 g/mol. The van der Waals surface area contributed by atoms with Crippen LogP contribution in [0.1, 0.15) is 32.6 Å². The number of benzene rings is 2. The molecule has 5 N–H and O–H groups in total. The van der Waals surface area contributed by atoms with Crippen LogP contribution < -0.4 is 11.1 Å². The van der Waals surface area contributed by atoms with Gasteiger partial charge in [-0.25, -0.2) is 14.4 Å².